The molecule has 7 nitrogen and oxygen atoms in total. The van der Waals surface area contributed by atoms with Gasteiger partial charge >= 0.3 is 12.1 Å². The van der Waals surface area contributed by atoms with Crippen molar-refractivity contribution >= 4 is 11.9 Å². The number of likely N-dealkylation sites (tertiary alicyclic amines) is 1. The van der Waals surface area contributed by atoms with E-state index in [-0.39, 0.29) is 11.3 Å². The van der Waals surface area contributed by atoms with Crippen LogP contribution in [-0.4, -0.2) is 66.0 Å². The minimum absolute atomic E-state index is 0.255. The fraction of sp³-hybridized carbons (Fsp3) is 0.650. The molecule has 1 amide bonds. The van der Waals surface area contributed by atoms with Gasteiger partial charge in [0.1, 0.15) is 5.75 Å². The molecule has 2 aliphatic heterocycles. The number of pyridine rings is 1. The molecule has 0 saturated carbocycles. The summed E-state index contributed by atoms with van der Waals surface area (Å²) in [5.41, 5.74) is 0.255. The van der Waals surface area contributed by atoms with Crippen LogP contribution >= 0.6 is 0 Å². The van der Waals surface area contributed by atoms with Crippen molar-refractivity contribution in [3.63, 3.8) is 0 Å². The Bertz CT molecular complexity index is 691. The number of amides is 1. The largest absolute Gasteiger partial charge is 0.492 e. The predicted molar refractivity (Wildman–Crippen MR) is 101 cm³/mol. The molecule has 0 aromatic carbocycles. The van der Waals surface area contributed by atoms with Crippen molar-refractivity contribution in [1.82, 2.24) is 9.88 Å². The molecule has 168 valence electrons. The normalized spacial score (nSPS) is 20.8. The van der Waals surface area contributed by atoms with Crippen LogP contribution in [0.3, 0.4) is 0 Å². The summed E-state index contributed by atoms with van der Waals surface area (Å²) in [7, 11) is 0. The number of halogens is 3. The van der Waals surface area contributed by atoms with E-state index in [0.717, 1.165) is 51.3 Å². The second-order valence-corrected chi connectivity index (χ2v) is 7.42. The molecule has 1 spiro atoms. The second-order valence-electron chi connectivity index (χ2n) is 7.42. The molecule has 2 aliphatic rings. The molecule has 1 N–H and O–H groups in total. The monoisotopic (exact) mass is 432 g/mol. The topological polar surface area (TPSA) is 89.0 Å². The average Bonchev–Trinajstić information content (AvgIpc) is 2.74. The maximum Gasteiger partial charge on any atom is 0.490 e. The van der Waals surface area contributed by atoms with E-state index in [9.17, 15) is 18.0 Å². The summed E-state index contributed by atoms with van der Waals surface area (Å²) >= 11 is 0. The minimum Gasteiger partial charge on any atom is -0.492 e. The molecule has 1 atom stereocenters. The Morgan fingerprint density at radius 1 is 1.33 bits per heavy atom. The van der Waals surface area contributed by atoms with Gasteiger partial charge < -0.3 is 19.5 Å². The number of nitrogens with zero attached hydrogens (tertiary/aromatic N) is 2. The van der Waals surface area contributed by atoms with Gasteiger partial charge in [0.2, 0.25) is 5.91 Å². The van der Waals surface area contributed by atoms with E-state index in [1.54, 1.807) is 12.4 Å². The zero-order valence-corrected chi connectivity index (χ0v) is 16.9. The predicted octanol–water partition coefficient (Wildman–Crippen LogP) is 3.15. The first-order valence-corrected chi connectivity index (χ1v) is 9.86. The molecule has 3 heterocycles. The number of carbonyl (C=O) groups is 2. The third-order valence-electron chi connectivity index (χ3n) is 5.67. The molecule has 3 rings (SSSR count). The molecule has 30 heavy (non-hydrogen) atoms. The lowest BCUT2D eigenvalue weighted by Crippen LogP contribution is -2.50. The van der Waals surface area contributed by atoms with Gasteiger partial charge in [0.15, 0.2) is 0 Å². The summed E-state index contributed by atoms with van der Waals surface area (Å²) in [6.45, 7) is 5.92. The van der Waals surface area contributed by atoms with E-state index in [4.69, 9.17) is 19.4 Å². The third kappa shape index (κ3) is 6.58. The molecule has 1 aromatic heterocycles. The lowest BCUT2D eigenvalue weighted by molar-refractivity contribution is -0.192. The molecule has 0 aliphatic carbocycles. The van der Waals surface area contributed by atoms with Crippen LogP contribution in [0.25, 0.3) is 0 Å². The van der Waals surface area contributed by atoms with Gasteiger partial charge in [-0.15, -0.1) is 0 Å². The number of rotatable bonds is 4. The number of piperidine rings is 1. The Balaban J connectivity index is 0.000000396. The van der Waals surface area contributed by atoms with E-state index >= 15 is 0 Å². The highest BCUT2D eigenvalue weighted by Crippen LogP contribution is 2.45. The van der Waals surface area contributed by atoms with Crippen molar-refractivity contribution in [3.05, 3.63) is 24.5 Å². The molecule has 2 saturated heterocycles. The van der Waals surface area contributed by atoms with Crippen molar-refractivity contribution < 1.29 is 37.3 Å². The number of carboxylic acid groups (broad SMARTS) is 1. The number of hydrogen-bond acceptors (Lipinski definition) is 5. The number of carbonyl (C=O) groups excluding carboxylic acids is 1. The van der Waals surface area contributed by atoms with Crippen LogP contribution in [0, 0.1) is 11.3 Å². The highest BCUT2D eigenvalue weighted by Gasteiger charge is 2.44. The number of carboxylic acids is 1. The van der Waals surface area contributed by atoms with Crippen molar-refractivity contribution in [2.45, 2.75) is 38.8 Å². The van der Waals surface area contributed by atoms with Crippen LogP contribution in [0.15, 0.2) is 24.5 Å². The van der Waals surface area contributed by atoms with Crippen molar-refractivity contribution in [2.75, 3.05) is 32.9 Å². The molecule has 0 bridgehead atoms. The fourth-order valence-electron chi connectivity index (χ4n) is 3.82. The summed E-state index contributed by atoms with van der Waals surface area (Å²) in [5.74, 6) is -1.29. The van der Waals surface area contributed by atoms with Crippen LogP contribution in [-0.2, 0) is 14.3 Å². The molecule has 1 unspecified atom stereocenters. The summed E-state index contributed by atoms with van der Waals surface area (Å²) in [6, 6.07) is 3.82. The van der Waals surface area contributed by atoms with Gasteiger partial charge in [0.25, 0.3) is 0 Å². The molecule has 10 heteroatoms. The average molecular weight is 432 g/mol. The number of alkyl halides is 3. The molecule has 2 fully saturated rings. The van der Waals surface area contributed by atoms with Crippen molar-refractivity contribution in [3.8, 4) is 5.75 Å². The fourth-order valence-corrected chi connectivity index (χ4v) is 3.82. The van der Waals surface area contributed by atoms with Gasteiger partial charge in [0, 0.05) is 38.2 Å². The summed E-state index contributed by atoms with van der Waals surface area (Å²) < 4.78 is 43.4. The quantitative estimate of drug-likeness (QED) is 0.786. The number of aliphatic carboxylic acids is 1. The smallest absolute Gasteiger partial charge is 0.490 e. The maximum atomic E-state index is 11.9. The Morgan fingerprint density at radius 2 is 2.00 bits per heavy atom. The standard InChI is InChI=1S/C18H26N2O3.C2HF3O2/c1-2-17(21)20-9-5-18(6-10-20)7-11-22-13-15(18)14-23-16-4-3-8-19-12-16;3-2(4,5)1(6)7/h3-4,8,12,15H,2,5-7,9-11,13-14H2,1H3;(H,6,7). The zero-order chi connectivity index (χ0) is 22.2. The first kappa shape index (κ1) is 23.9. The first-order chi connectivity index (χ1) is 14.2. The van der Waals surface area contributed by atoms with Crippen LogP contribution in [0.5, 0.6) is 5.75 Å². The van der Waals surface area contributed by atoms with Gasteiger partial charge in [-0.1, -0.05) is 6.92 Å². The first-order valence-electron chi connectivity index (χ1n) is 9.86. The molecular weight excluding hydrogens is 405 g/mol. The van der Waals surface area contributed by atoms with Gasteiger partial charge in [-0.05, 0) is 36.8 Å². The van der Waals surface area contributed by atoms with Crippen LogP contribution in [0.1, 0.15) is 32.6 Å². The summed E-state index contributed by atoms with van der Waals surface area (Å²) in [5, 5.41) is 7.12. The zero-order valence-electron chi connectivity index (χ0n) is 16.9. The second kappa shape index (κ2) is 10.6. The third-order valence-corrected chi connectivity index (χ3v) is 5.67. The minimum atomic E-state index is -5.08. The molecule has 1 aromatic rings. The molecule has 0 radical (unpaired) electrons. The highest BCUT2D eigenvalue weighted by molar-refractivity contribution is 5.75. The van der Waals surface area contributed by atoms with Crippen molar-refractivity contribution in [1.29, 1.82) is 0 Å². The highest BCUT2D eigenvalue weighted by atomic mass is 19.4. The van der Waals surface area contributed by atoms with E-state index in [0.29, 0.717) is 18.9 Å². The Kier molecular flexibility index (Phi) is 8.45. The Morgan fingerprint density at radius 3 is 2.53 bits per heavy atom. The Hall–Kier alpha value is -2.36. The lowest BCUT2D eigenvalue weighted by atomic mass is 9.66. The van der Waals surface area contributed by atoms with Crippen LogP contribution < -0.4 is 4.74 Å². The number of hydrogen-bond donors (Lipinski definition) is 1. The van der Waals surface area contributed by atoms with Crippen molar-refractivity contribution in [2.24, 2.45) is 11.3 Å². The van der Waals surface area contributed by atoms with E-state index < -0.39 is 12.1 Å². The van der Waals surface area contributed by atoms with Crippen LogP contribution in [0.2, 0.25) is 0 Å². The van der Waals surface area contributed by atoms with Gasteiger partial charge in [-0.2, -0.15) is 13.2 Å². The molecular formula is C20H27F3N2O5. The lowest BCUT2D eigenvalue weighted by Gasteiger charge is -2.48. The Labute approximate surface area is 173 Å². The van der Waals surface area contributed by atoms with E-state index in [1.165, 1.54) is 0 Å². The SMILES string of the molecule is CCC(=O)N1CCC2(CCOCC2COc2cccnc2)CC1.O=C(O)C(F)(F)F. The van der Waals surface area contributed by atoms with Gasteiger partial charge in [-0.25, -0.2) is 4.79 Å². The maximum absolute atomic E-state index is 11.9. The number of aromatic nitrogens is 1. The van der Waals surface area contributed by atoms with E-state index in [2.05, 4.69) is 4.98 Å². The summed E-state index contributed by atoms with van der Waals surface area (Å²) in [6.07, 6.45) is 2.20. The van der Waals surface area contributed by atoms with Gasteiger partial charge in [-0.3, -0.25) is 9.78 Å². The number of ether oxygens (including phenoxy) is 2. The van der Waals surface area contributed by atoms with E-state index in [1.807, 2.05) is 24.0 Å². The summed E-state index contributed by atoms with van der Waals surface area (Å²) in [4.78, 5) is 26.9. The van der Waals surface area contributed by atoms with Gasteiger partial charge in [0.05, 0.1) is 19.4 Å². The van der Waals surface area contributed by atoms with Crippen LogP contribution in [0.4, 0.5) is 13.2 Å².